The van der Waals surface area contributed by atoms with Crippen LogP contribution in [0, 0.1) is 5.92 Å². The number of esters is 1. The van der Waals surface area contributed by atoms with Gasteiger partial charge in [0.25, 0.3) is 0 Å². The van der Waals surface area contributed by atoms with Crippen LogP contribution in [0.5, 0.6) is 5.75 Å². The van der Waals surface area contributed by atoms with Crippen molar-refractivity contribution in [3.63, 3.8) is 0 Å². The van der Waals surface area contributed by atoms with E-state index >= 15 is 0 Å². The third kappa shape index (κ3) is 15.5. The fourth-order valence-electron chi connectivity index (χ4n) is 7.16. The van der Waals surface area contributed by atoms with Gasteiger partial charge < -0.3 is 39.4 Å². The van der Waals surface area contributed by atoms with Gasteiger partial charge in [0.05, 0.1) is 49.4 Å². The van der Waals surface area contributed by atoms with E-state index in [1.165, 1.54) is 13.0 Å². The second-order valence-corrected chi connectivity index (χ2v) is 16.3. The third-order valence-corrected chi connectivity index (χ3v) is 11.2. The van der Waals surface area contributed by atoms with E-state index in [4.69, 9.17) is 23.7 Å². The number of hydrogen-bond acceptors (Lipinski definition) is 11. The van der Waals surface area contributed by atoms with Crippen molar-refractivity contribution in [2.75, 3.05) is 31.6 Å². The summed E-state index contributed by atoms with van der Waals surface area (Å²) in [6, 6.07) is 7.51. The molecule has 4 rings (SSSR count). The molecule has 3 aliphatic rings. The van der Waals surface area contributed by atoms with Crippen LogP contribution >= 0.6 is 15.9 Å². The Morgan fingerprint density at radius 3 is 2.50 bits per heavy atom. The Kier molecular flexibility index (Phi) is 18.8. The lowest BCUT2D eigenvalue weighted by Crippen LogP contribution is -2.50. The fourth-order valence-corrected chi connectivity index (χ4v) is 7.36. The second kappa shape index (κ2) is 23.2. The molecule has 0 bridgehead atoms. The van der Waals surface area contributed by atoms with Crippen molar-refractivity contribution in [1.29, 1.82) is 0 Å². The molecule has 0 aliphatic carbocycles. The van der Waals surface area contributed by atoms with Crippen molar-refractivity contribution >= 4 is 45.2 Å². The topological polar surface area (TPSA) is 174 Å². The Morgan fingerprint density at radius 2 is 1.81 bits per heavy atom. The summed E-state index contributed by atoms with van der Waals surface area (Å²) < 4.78 is 29.2. The van der Waals surface area contributed by atoms with Gasteiger partial charge in [-0.2, -0.15) is 0 Å². The van der Waals surface area contributed by atoms with Crippen LogP contribution in [0.15, 0.2) is 65.2 Å². The van der Waals surface area contributed by atoms with Gasteiger partial charge in [0.1, 0.15) is 29.7 Å². The number of hydrogen-bond donors (Lipinski definition) is 3. The summed E-state index contributed by atoms with van der Waals surface area (Å²) >= 11 is 3.13. The number of nitrogens with one attached hydrogen (secondary N) is 2. The summed E-state index contributed by atoms with van der Waals surface area (Å²) in [4.78, 5) is 52.5. The molecule has 9 atom stereocenters. The Labute approximate surface area is 351 Å². The molecule has 13 nitrogen and oxygen atoms in total. The maximum Gasteiger partial charge on any atom is 0.303 e. The first-order chi connectivity index (χ1) is 27.7. The van der Waals surface area contributed by atoms with Crippen LogP contribution in [0.1, 0.15) is 92.1 Å². The van der Waals surface area contributed by atoms with Gasteiger partial charge in [0, 0.05) is 38.1 Å². The molecule has 1 aromatic rings. The first-order valence-electron chi connectivity index (χ1n) is 20.4. The van der Waals surface area contributed by atoms with E-state index in [0.717, 1.165) is 48.3 Å². The van der Waals surface area contributed by atoms with Crippen molar-refractivity contribution in [2.24, 2.45) is 10.9 Å². The SMILES string of the molecule is CC(=O)O[C@@H](C)/C=C\C(=O)N[C@@H]1C[C@H](C)[C@H](C/C=C(C)/C=C/[C@H]2O[C@H](CC(=O)CN=C(C)c3ccc(OCCCCCNC(=O)CBr)cc3)C[C@@]3(CO3)[C@@H]2O)O[C@@H]1C. The number of epoxide rings is 1. The molecule has 3 aliphatic heterocycles. The van der Waals surface area contributed by atoms with Gasteiger partial charge in [0.15, 0.2) is 5.78 Å². The minimum atomic E-state index is -0.845. The van der Waals surface area contributed by atoms with Gasteiger partial charge in [-0.3, -0.25) is 24.2 Å². The first kappa shape index (κ1) is 47.0. The third-order valence-electron chi connectivity index (χ3n) is 10.7. The standard InChI is InChI=1S/C44H62BrN3O10/c1-28(10-17-39-29(2)22-38(32(5)57-39)48-41(51)19-12-30(3)56-33(6)49)11-18-40-43(53)44(27-55-44)24-37(58-40)23-35(50)26-47-31(4)34-13-15-36(16-14-34)54-21-9-7-8-20-46-42(52)25-45/h10-16,18-19,29-30,32,37-40,43,53H,7-9,17,20-27H2,1-6H3,(H,46,52)(H,48,51)/b18-11+,19-12-,28-10+,47-31?/t29-,30-,32+,37+,38+,39-,40+,43+,44+/m0/s1. The lowest BCUT2D eigenvalue weighted by Gasteiger charge is -2.39. The summed E-state index contributed by atoms with van der Waals surface area (Å²) in [5.74, 6) is 0.241. The number of alkyl halides is 1. The molecule has 0 saturated carbocycles. The number of nitrogens with zero attached hydrogens (tertiary/aromatic N) is 1. The zero-order valence-electron chi connectivity index (χ0n) is 34.7. The zero-order chi connectivity index (χ0) is 42.2. The Hall–Kier alpha value is -3.69. The van der Waals surface area contributed by atoms with Crippen LogP contribution in [0.2, 0.25) is 0 Å². The molecular formula is C44H62BrN3O10. The molecule has 14 heteroatoms. The number of ether oxygens (including phenoxy) is 5. The average molecular weight is 873 g/mol. The molecule has 3 heterocycles. The minimum Gasteiger partial charge on any atom is -0.494 e. The van der Waals surface area contributed by atoms with E-state index in [9.17, 15) is 24.3 Å². The highest BCUT2D eigenvalue weighted by molar-refractivity contribution is 9.09. The molecule has 3 saturated heterocycles. The van der Waals surface area contributed by atoms with Gasteiger partial charge in [0.2, 0.25) is 11.8 Å². The smallest absolute Gasteiger partial charge is 0.303 e. The molecule has 1 spiro atoms. The van der Waals surface area contributed by atoms with E-state index in [0.29, 0.717) is 37.9 Å². The van der Waals surface area contributed by atoms with E-state index in [2.05, 4.69) is 44.6 Å². The van der Waals surface area contributed by atoms with Crippen LogP contribution in [0.25, 0.3) is 0 Å². The summed E-state index contributed by atoms with van der Waals surface area (Å²) in [6.45, 7) is 12.7. The number of unbranched alkanes of at least 4 members (excludes halogenated alkanes) is 2. The van der Waals surface area contributed by atoms with E-state index < -0.39 is 36.0 Å². The number of Topliss-reactive ketones (excluding diaryl/α,β-unsaturated/α-hetero) is 1. The summed E-state index contributed by atoms with van der Waals surface area (Å²) in [5, 5.41) is 17.3. The number of amides is 2. The number of ketones is 1. The van der Waals surface area contributed by atoms with Crippen LogP contribution in [0.3, 0.4) is 0 Å². The molecule has 3 N–H and O–H groups in total. The number of rotatable bonds is 21. The summed E-state index contributed by atoms with van der Waals surface area (Å²) in [5.41, 5.74) is 1.94. The molecule has 58 heavy (non-hydrogen) atoms. The van der Waals surface area contributed by atoms with Gasteiger partial charge in [-0.25, -0.2) is 0 Å². The van der Waals surface area contributed by atoms with Gasteiger partial charge in [-0.05, 0) is 102 Å². The monoisotopic (exact) mass is 871 g/mol. The van der Waals surface area contributed by atoms with Crippen molar-refractivity contribution in [3.05, 3.63) is 65.8 Å². The molecule has 3 fully saturated rings. The maximum absolute atomic E-state index is 13.1. The van der Waals surface area contributed by atoms with Crippen LogP contribution in [-0.2, 0) is 38.1 Å². The summed E-state index contributed by atoms with van der Waals surface area (Å²) in [7, 11) is 0. The zero-order valence-corrected chi connectivity index (χ0v) is 36.3. The Morgan fingerprint density at radius 1 is 1.07 bits per heavy atom. The lowest BCUT2D eigenvalue weighted by atomic mass is 9.87. The normalized spacial score (nSPS) is 28.0. The molecule has 320 valence electrons. The van der Waals surface area contributed by atoms with Crippen LogP contribution in [-0.4, -0.2) is 114 Å². The highest BCUT2D eigenvalue weighted by Gasteiger charge is 2.58. The number of carbonyl (C=O) groups excluding carboxylic acids is 4. The second-order valence-electron chi connectivity index (χ2n) is 15.7. The Balaban J connectivity index is 1.20. The number of allylic oxidation sites excluding steroid dienone is 2. The molecular weight excluding hydrogens is 810 g/mol. The Bertz CT molecular complexity index is 1660. The van der Waals surface area contributed by atoms with Gasteiger partial charge >= 0.3 is 5.97 Å². The number of halogens is 1. The molecule has 0 unspecified atom stereocenters. The molecule has 1 aromatic carbocycles. The highest BCUT2D eigenvalue weighted by atomic mass is 79.9. The van der Waals surface area contributed by atoms with Crippen molar-refractivity contribution < 1.29 is 48.0 Å². The fraction of sp³-hybridized carbons (Fsp3) is 0.614. The van der Waals surface area contributed by atoms with Gasteiger partial charge in [-0.1, -0.05) is 46.7 Å². The van der Waals surface area contributed by atoms with E-state index in [1.54, 1.807) is 13.0 Å². The minimum absolute atomic E-state index is 0.00630. The van der Waals surface area contributed by atoms with Crippen molar-refractivity contribution in [3.8, 4) is 5.75 Å². The van der Waals surface area contributed by atoms with Crippen LogP contribution < -0.4 is 15.4 Å². The summed E-state index contributed by atoms with van der Waals surface area (Å²) in [6.07, 6.45) is 11.0. The quantitative estimate of drug-likeness (QED) is 0.0272. The van der Waals surface area contributed by atoms with E-state index in [-0.39, 0.29) is 54.7 Å². The molecule has 0 radical (unpaired) electrons. The molecule has 2 amide bonds. The predicted molar refractivity (Wildman–Crippen MR) is 225 cm³/mol. The highest BCUT2D eigenvalue weighted by Crippen LogP contribution is 2.43. The number of carbonyl (C=O) groups is 4. The van der Waals surface area contributed by atoms with Crippen molar-refractivity contribution in [1.82, 2.24) is 10.6 Å². The predicted octanol–water partition coefficient (Wildman–Crippen LogP) is 5.50. The number of aliphatic imine (C=N–C) groups is 1. The molecule has 0 aromatic heterocycles. The number of aliphatic hydroxyl groups is 1. The lowest BCUT2D eigenvalue weighted by molar-refractivity contribution is -0.144. The number of benzene rings is 1. The van der Waals surface area contributed by atoms with Gasteiger partial charge in [-0.15, -0.1) is 0 Å². The average Bonchev–Trinajstić information content (AvgIpc) is 3.96. The largest absolute Gasteiger partial charge is 0.494 e. The van der Waals surface area contributed by atoms with Crippen LogP contribution in [0.4, 0.5) is 0 Å². The first-order valence-corrected chi connectivity index (χ1v) is 21.5. The van der Waals surface area contributed by atoms with E-state index in [1.807, 2.05) is 57.2 Å². The van der Waals surface area contributed by atoms with Crippen molar-refractivity contribution in [2.45, 2.75) is 135 Å². The number of aliphatic hydroxyl groups excluding tert-OH is 1. The maximum atomic E-state index is 13.1.